The quantitative estimate of drug-likeness (QED) is 0.278. The number of benzene rings is 3. The molecule has 0 amide bonds. The number of methoxy groups -OCH3 is 2. The molecule has 1 aliphatic carbocycles. The molecule has 3 aromatic carbocycles. The maximum Gasteiger partial charge on any atom is 0.199 e. The summed E-state index contributed by atoms with van der Waals surface area (Å²) in [6.07, 6.45) is 8.82. The molecular formula is C32H36ClNO5. The summed E-state index contributed by atoms with van der Waals surface area (Å²) < 4.78 is 23.5. The van der Waals surface area contributed by atoms with Crippen LogP contribution in [0.4, 0.5) is 0 Å². The van der Waals surface area contributed by atoms with E-state index in [-0.39, 0.29) is 18.3 Å². The SMILES string of the molecule is COc1cccc(C2C=Cc3cc(OC)ccc3C2(C=O)Oc2ccc(OCCN3CCCCC3)cc2)c1.Cl. The van der Waals surface area contributed by atoms with Crippen molar-refractivity contribution < 1.29 is 23.7 Å². The molecule has 39 heavy (non-hydrogen) atoms. The van der Waals surface area contributed by atoms with Gasteiger partial charge in [0.2, 0.25) is 0 Å². The van der Waals surface area contributed by atoms with Gasteiger partial charge in [-0.05, 0) is 85.6 Å². The molecule has 206 valence electrons. The largest absolute Gasteiger partial charge is 0.497 e. The summed E-state index contributed by atoms with van der Waals surface area (Å²) in [5.74, 6) is 2.45. The molecule has 0 aromatic heterocycles. The highest BCUT2D eigenvalue weighted by molar-refractivity contribution is 5.85. The third kappa shape index (κ3) is 6.23. The second-order valence-corrected chi connectivity index (χ2v) is 9.80. The third-order valence-corrected chi connectivity index (χ3v) is 7.47. The summed E-state index contributed by atoms with van der Waals surface area (Å²) in [6.45, 7) is 3.89. The molecule has 1 heterocycles. The monoisotopic (exact) mass is 549 g/mol. The Hall–Kier alpha value is -3.48. The zero-order valence-corrected chi connectivity index (χ0v) is 23.3. The average molecular weight is 550 g/mol. The maximum atomic E-state index is 13.0. The lowest BCUT2D eigenvalue weighted by atomic mass is 9.72. The number of fused-ring (bicyclic) bond motifs is 1. The predicted octanol–water partition coefficient (Wildman–Crippen LogP) is 6.27. The molecule has 1 fully saturated rings. The van der Waals surface area contributed by atoms with E-state index in [1.165, 1.54) is 19.3 Å². The number of hydrogen-bond donors (Lipinski definition) is 0. The fourth-order valence-corrected chi connectivity index (χ4v) is 5.42. The van der Waals surface area contributed by atoms with Gasteiger partial charge in [0, 0.05) is 12.1 Å². The number of aldehydes is 1. The molecule has 2 aliphatic rings. The van der Waals surface area contributed by atoms with Gasteiger partial charge in [-0.2, -0.15) is 0 Å². The van der Waals surface area contributed by atoms with Gasteiger partial charge in [0.15, 0.2) is 11.9 Å². The van der Waals surface area contributed by atoms with Crippen LogP contribution in [-0.4, -0.2) is 51.6 Å². The molecule has 1 saturated heterocycles. The second kappa shape index (κ2) is 13.0. The van der Waals surface area contributed by atoms with Gasteiger partial charge in [0.05, 0.1) is 20.1 Å². The Kier molecular flexibility index (Phi) is 9.54. The lowest BCUT2D eigenvalue weighted by molar-refractivity contribution is -0.123. The van der Waals surface area contributed by atoms with Crippen molar-refractivity contribution in [2.24, 2.45) is 0 Å². The highest BCUT2D eigenvalue weighted by atomic mass is 35.5. The normalized spacial score (nSPS) is 20.3. The van der Waals surface area contributed by atoms with Gasteiger partial charge in [-0.3, -0.25) is 9.69 Å². The number of likely N-dealkylation sites (tertiary alicyclic amines) is 1. The standard InChI is InChI=1S/C32H35NO5.ClH/c1-35-28-8-6-7-24(21-28)30-15-9-25-22-29(36-2)14-16-31(25)32(30,23-34)38-27-12-10-26(11-13-27)37-20-19-33-17-4-3-5-18-33;/h6-16,21-23,30H,3-5,17-20H2,1-2H3;1H. The van der Waals surface area contributed by atoms with E-state index in [1.807, 2.05) is 78.9 Å². The Morgan fingerprint density at radius 2 is 1.56 bits per heavy atom. The Morgan fingerprint density at radius 3 is 2.28 bits per heavy atom. The molecule has 0 N–H and O–H groups in total. The van der Waals surface area contributed by atoms with Gasteiger partial charge in [-0.1, -0.05) is 36.8 Å². The van der Waals surface area contributed by atoms with Crippen molar-refractivity contribution in [2.45, 2.75) is 30.8 Å². The lowest BCUT2D eigenvalue weighted by Gasteiger charge is -2.39. The van der Waals surface area contributed by atoms with E-state index in [1.54, 1.807) is 14.2 Å². The first-order chi connectivity index (χ1) is 18.6. The fraction of sp³-hybridized carbons (Fsp3) is 0.344. The molecule has 7 heteroatoms. The van der Waals surface area contributed by atoms with E-state index in [9.17, 15) is 4.79 Å². The van der Waals surface area contributed by atoms with Gasteiger partial charge in [0.25, 0.3) is 0 Å². The topological polar surface area (TPSA) is 57.2 Å². The molecular weight excluding hydrogens is 514 g/mol. The summed E-state index contributed by atoms with van der Waals surface area (Å²) in [7, 11) is 3.27. The Labute approximate surface area is 236 Å². The van der Waals surface area contributed by atoms with Crippen LogP contribution < -0.4 is 18.9 Å². The van der Waals surface area contributed by atoms with E-state index < -0.39 is 5.60 Å². The van der Waals surface area contributed by atoms with E-state index in [4.69, 9.17) is 18.9 Å². The number of hydrogen-bond acceptors (Lipinski definition) is 6. The van der Waals surface area contributed by atoms with Crippen molar-refractivity contribution in [3.63, 3.8) is 0 Å². The fourth-order valence-electron chi connectivity index (χ4n) is 5.42. The van der Waals surface area contributed by atoms with Crippen molar-refractivity contribution in [3.05, 3.63) is 89.5 Å². The zero-order chi connectivity index (χ0) is 26.4. The molecule has 0 radical (unpaired) electrons. The Morgan fingerprint density at radius 1 is 0.872 bits per heavy atom. The summed E-state index contributed by atoms with van der Waals surface area (Å²) in [4.78, 5) is 15.5. The van der Waals surface area contributed by atoms with Gasteiger partial charge in [0.1, 0.15) is 29.6 Å². The number of nitrogens with zero attached hydrogens (tertiary/aromatic N) is 1. The average Bonchev–Trinajstić information content (AvgIpc) is 2.98. The van der Waals surface area contributed by atoms with Crippen molar-refractivity contribution >= 4 is 24.8 Å². The molecule has 5 rings (SSSR count). The number of rotatable bonds is 10. The van der Waals surface area contributed by atoms with Crippen LogP contribution in [-0.2, 0) is 10.4 Å². The Balaban J connectivity index is 0.00000353. The first-order valence-electron chi connectivity index (χ1n) is 13.3. The number of carbonyl (C=O) groups excluding carboxylic acids is 1. The van der Waals surface area contributed by atoms with Crippen LogP contribution in [0, 0.1) is 0 Å². The zero-order valence-electron chi connectivity index (χ0n) is 22.5. The van der Waals surface area contributed by atoms with E-state index in [0.717, 1.165) is 59.9 Å². The minimum absolute atomic E-state index is 0. The van der Waals surface area contributed by atoms with Crippen LogP contribution in [0.1, 0.15) is 41.9 Å². The predicted molar refractivity (Wildman–Crippen MR) is 156 cm³/mol. The molecule has 1 aliphatic heterocycles. The van der Waals surface area contributed by atoms with Gasteiger partial charge in [-0.15, -0.1) is 12.4 Å². The van der Waals surface area contributed by atoms with Crippen LogP contribution in [0.2, 0.25) is 0 Å². The minimum atomic E-state index is -1.28. The van der Waals surface area contributed by atoms with Crippen LogP contribution in [0.5, 0.6) is 23.0 Å². The maximum absolute atomic E-state index is 13.0. The van der Waals surface area contributed by atoms with Crippen molar-refractivity contribution in [2.75, 3.05) is 40.5 Å². The van der Waals surface area contributed by atoms with Crippen LogP contribution in [0.15, 0.2) is 72.8 Å². The van der Waals surface area contributed by atoms with Crippen molar-refractivity contribution in [3.8, 4) is 23.0 Å². The lowest BCUT2D eigenvalue weighted by Crippen LogP contribution is -2.42. The number of ether oxygens (including phenoxy) is 4. The number of piperidine rings is 1. The highest BCUT2D eigenvalue weighted by Gasteiger charge is 2.46. The van der Waals surface area contributed by atoms with Gasteiger partial charge < -0.3 is 18.9 Å². The van der Waals surface area contributed by atoms with Crippen LogP contribution in [0.3, 0.4) is 0 Å². The molecule has 6 nitrogen and oxygen atoms in total. The minimum Gasteiger partial charge on any atom is -0.497 e. The summed E-state index contributed by atoms with van der Waals surface area (Å²) >= 11 is 0. The third-order valence-electron chi connectivity index (χ3n) is 7.47. The van der Waals surface area contributed by atoms with Gasteiger partial charge in [-0.25, -0.2) is 0 Å². The molecule has 0 saturated carbocycles. The van der Waals surface area contributed by atoms with Crippen LogP contribution >= 0.6 is 12.4 Å². The highest BCUT2D eigenvalue weighted by Crippen LogP contribution is 2.47. The van der Waals surface area contributed by atoms with E-state index >= 15 is 0 Å². The molecule has 0 spiro atoms. The second-order valence-electron chi connectivity index (χ2n) is 9.80. The van der Waals surface area contributed by atoms with Crippen molar-refractivity contribution in [1.29, 1.82) is 0 Å². The smallest absolute Gasteiger partial charge is 0.199 e. The first-order valence-corrected chi connectivity index (χ1v) is 13.3. The molecule has 2 atom stereocenters. The van der Waals surface area contributed by atoms with Crippen molar-refractivity contribution in [1.82, 2.24) is 4.90 Å². The van der Waals surface area contributed by atoms with E-state index in [0.29, 0.717) is 12.4 Å². The number of carbonyl (C=O) groups is 1. The molecule has 2 unspecified atom stereocenters. The van der Waals surface area contributed by atoms with E-state index in [2.05, 4.69) is 4.90 Å². The van der Waals surface area contributed by atoms with Crippen LogP contribution in [0.25, 0.3) is 6.08 Å². The Bertz CT molecular complexity index is 1270. The summed E-state index contributed by atoms with van der Waals surface area (Å²) in [5.41, 5.74) is 1.31. The first kappa shape index (κ1) is 28.5. The summed E-state index contributed by atoms with van der Waals surface area (Å²) in [5, 5.41) is 0. The summed E-state index contributed by atoms with van der Waals surface area (Å²) in [6, 6.07) is 21.0. The van der Waals surface area contributed by atoms with Gasteiger partial charge >= 0.3 is 0 Å². The number of halogens is 1. The molecule has 3 aromatic rings. The molecule has 0 bridgehead atoms.